The number of rotatable bonds is 2. The Balaban J connectivity index is 2.06. The maximum Gasteiger partial charge on any atom is 0.106 e. The summed E-state index contributed by atoms with van der Waals surface area (Å²) in [7, 11) is 0. The van der Waals surface area contributed by atoms with Gasteiger partial charge in [0.05, 0.1) is 0 Å². The van der Waals surface area contributed by atoms with Gasteiger partial charge in [0, 0.05) is 18.3 Å². The Bertz CT molecular complexity index is 474. The van der Waals surface area contributed by atoms with Gasteiger partial charge in [-0.1, -0.05) is 71.8 Å². The van der Waals surface area contributed by atoms with Crippen molar-refractivity contribution in [1.82, 2.24) is 0 Å². The molecule has 0 atom stereocenters. The van der Waals surface area contributed by atoms with E-state index >= 15 is 0 Å². The van der Waals surface area contributed by atoms with Crippen LogP contribution in [0.3, 0.4) is 0 Å². The topological polar surface area (TPSA) is 23.1 Å². The van der Waals surface area contributed by atoms with Crippen molar-refractivity contribution in [3.05, 3.63) is 71.8 Å². The van der Waals surface area contributed by atoms with Crippen LogP contribution >= 0.6 is 0 Å². The van der Waals surface area contributed by atoms with Crippen molar-refractivity contribution in [2.24, 2.45) is 0 Å². The lowest BCUT2D eigenvalue weighted by atomic mass is 9.70. The molecule has 1 nitrogen and oxygen atoms in total. The molecule has 98 valence electrons. The van der Waals surface area contributed by atoms with Gasteiger partial charge >= 0.3 is 0 Å². The first-order chi connectivity index (χ1) is 9.31. The Labute approximate surface area is 117 Å². The predicted molar refractivity (Wildman–Crippen MR) is 80.8 cm³/mol. The second-order valence-corrected chi connectivity index (χ2v) is 6.86. The number of benzene rings is 2. The van der Waals surface area contributed by atoms with E-state index in [1.54, 1.807) is 0 Å². The van der Waals surface area contributed by atoms with Crippen molar-refractivity contribution in [3.63, 3.8) is 0 Å². The van der Waals surface area contributed by atoms with Gasteiger partial charge in [-0.2, -0.15) is 0 Å². The zero-order valence-corrected chi connectivity index (χ0v) is 11.7. The molecule has 3 rings (SSSR count). The third kappa shape index (κ3) is 2.43. The third-order valence-corrected chi connectivity index (χ3v) is 5.48. The van der Waals surface area contributed by atoms with Crippen molar-refractivity contribution in [3.8, 4) is 0 Å². The van der Waals surface area contributed by atoms with Crippen molar-refractivity contribution in [2.45, 2.75) is 18.3 Å². The first-order valence-electron chi connectivity index (χ1n) is 6.77. The molecule has 1 heterocycles. The lowest BCUT2D eigenvalue weighted by Gasteiger charge is -2.38. The van der Waals surface area contributed by atoms with Gasteiger partial charge in [0.15, 0.2) is 0 Å². The summed E-state index contributed by atoms with van der Waals surface area (Å²) in [5.74, 6) is 1.62. The summed E-state index contributed by atoms with van der Waals surface area (Å²) in [5.41, 5.74) is 2.77. The molecular weight excluding hydrogens is 252 g/mol. The molecule has 0 saturated carbocycles. The molecule has 0 radical (unpaired) electrons. The fourth-order valence-corrected chi connectivity index (χ4v) is 4.42. The molecular formula is C17H18OS. The second-order valence-electron chi connectivity index (χ2n) is 5.16. The standard InChI is InChI=1S/C17H18OS/c18-19-13-11-17(12-14-19,15-7-3-1-4-8-15)16-9-5-2-6-10-16/h1-10H,11-14H2. The minimum atomic E-state index is -0.634. The minimum absolute atomic E-state index is 0.0520. The van der Waals surface area contributed by atoms with E-state index in [4.69, 9.17) is 0 Å². The van der Waals surface area contributed by atoms with Crippen LogP contribution in [0.5, 0.6) is 0 Å². The average molecular weight is 270 g/mol. The van der Waals surface area contributed by atoms with Crippen molar-refractivity contribution < 1.29 is 4.55 Å². The smallest absolute Gasteiger partial charge is 0.106 e. The maximum atomic E-state index is 11.7. The van der Waals surface area contributed by atoms with E-state index in [2.05, 4.69) is 60.7 Å². The lowest BCUT2D eigenvalue weighted by molar-refractivity contribution is 0.452. The molecule has 0 N–H and O–H groups in total. The van der Waals surface area contributed by atoms with E-state index in [0.29, 0.717) is 0 Å². The van der Waals surface area contributed by atoms with Crippen LogP contribution in [0, 0.1) is 0 Å². The van der Waals surface area contributed by atoms with Crippen LogP contribution in [0.15, 0.2) is 60.7 Å². The van der Waals surface area contributed by atoms with Gasteiger partial charge in [-0.25, -0.2) is 0 Å². The molecule has 1 saturated heterocycles. The molecule has 0 unspecified atom stereocenters. The zero-order chi connectivity index (χ0) is 13.1. The number of hydrogen-bond acceptors (Lipinski definition) is 1. The number of hydrogen-bond donors (Lipinski definition) is 0. The van der Waals surface area contributed by atoms with Crippen LogP contribution < -0.4 is 0 Å². The third-order valence-electron chi connectivity index (χ3n) is 4.17. The van der Waals surface area contributed by atoms with Gasteiger partial charge in [-0.15, -0.1) is 0 Å². The summed E-state index contributed by atoms with van der Waals surface area (Å²) in [4.78, 5) is 0. The largest absolute Gasteiger partial charge is 0.616 e. The van der Waals surface area contributed by atoms with Gasteiger partial charge in [-0.3, -0.25) is 0 Å². The van der Waals surface area contributed by atoms with Gasteiger partial charge in [0.2, 0.25) is 0 Å². The Hall–Kier alpha value is -1.25. The van der Waals surface area contributed by atoms with Gasteiger partial charge in [-0.05, 0) is 11.1 Å². The van der Waals surface area contributed by atoms with Crippen molar-refractivity contribution in [2.75, 3.05) is 11.5 Å². The highest BCUT2D eigenvalue weighted by molar-refractivity contribution is 7.91. The van der Waals surface area contributed by atoms with Crippen LogP contribution in [0.2, 0.25) is 0 Å². The summed E-state index contributed by atoms with van der Waals surface area (Å²) in [6.07, 6.45) is 1.96. The Morgan fingerprint density at radius 1 is 0.737 bits per heavy atom. The SMILES string of the molecule is [O-][S+]1CCC(c2ccccc2)(c2ccccc2)CC1. The molecule has 1 aliphatic heterocycles. The lowest BCUT2D eigenvalue weighted by Crippen LogP contribution is -2.38. The molecule has 0 aliphatic carbocycles. The van der Waals surface area contributed by atoms with E-state index in [1.807, 2.05) is 0 Å². The van der Waals surface area contributed by atoms with Gasteiger partial charge in [0.25, 0.3) is 0 Å². The summed E-state index contributed by atoms with van der Waals surface area (Å²) in [5, 5.41) is 0. The highest BCUT2D eigenvalue weighted by Gasteiger charge is 2.39. The molecule has 0 amide bonds. The summed E-state index contributed by atoms with van der Waals surface area (Å²) >= 11 is -0.634. The first kappa shape index (κ1) is 12.8. The fraction of sp³-hybridized carbons (Fsp3) is 0.294. The highest BCUT2D eigenvalue weighted by atomic mass is 32.2. The first-order valence-corrected chi connectivity index (χ1v) is 8.26. The van der Waals surface area contributed by atoms with Crippen LogP contribution in [-0.2, 0) is 16.6 Å². The van der Waals surface area contributed by atoms with Gasteiger partial charge < -0.3 is 4.55 Å². The molecule has 0 spiro atoms. The Morgan fingerprint density at radius 3 is 1.58 bits per heavy atom. The fourth-order valence-electron chi connectivity index (χ4n) is 3.06. The average Bonchev–Trinajstić information content (AvgIpc) is 2.50. The summed E-state index contributed by atoms with van der Waals surface area (Å²) < 4.78 is 11.7. The second kappa shape index (κ2) is 5.40. The van der Waals surface area contributed by atoms with E-state index in [9.17, 15) is 4.55 Å². The van der Waals surface area contributed by atoms with E-state index < -0.39 is 11.2 Å². The molecule has 19 heavy (non-hydrogen) atoms. The van der Waals surface area contributed by atoms with Crippen LogP contribution in [0.4, 0.5) is 0 Å². The van der Waals surface area contributed by atoms with E-state index in [1.165, 1.54) is 11.1 Å². The van der Waals surface area contributed by atoms with Crippen LogP contribution in [0.1, 0.15) is 24.0 Å². The highest BCUT2D eigenvalue weighted by Crippen LogP contribution is 2.42. The van der Waals surface area contributed by atoms with Crippen LogP contribution in [-0.4, -0.2) is 16.1 Å². The summed E-state index contributed by atoms with van der Waals surface area (Å²) in [6, 6.07) is 21.4. The molecule has 0 aromatic heterocycles. The van der Waals surface area contributed by atoms with Crippen LogP contribution in [0.25, 0.3) is 0 Å². The van der Waals surface area contributed by atoms with E-state index in [-0.39, 0.29) is 5.41 Å². The normalized spacial score (nSPS) is 19.2. The molecule has 1 aliphatic rings. The maximum absolute atomic E-state index is 11.7. The Kier molecular flexibility index (Phi) is 3.63. The minimum Gasteiger partial charge on any atom is -0.616 e. The molecule has 0 bridgehead atoms. The quantitative estimate of drug-likeness (QED) is 0.766. The Morgan fingerprint density at radius 2 is 1.16 bits per heavy atom. The summed E-state index contributed by atoms with van der Waals surface area (Å²) in [6.45, 7) is 0. The predicted octanol–water partition coefficient (Wildman–Crippen LogP) is 3.52. The zero-order valence-electron chi connectivity index (χ0n) is 10.9. The molecule has 2 aromatic rings. The monoisotopic (exact) mass is 270 g/mol. The van der Waals surface area contributed by atoms with E-state index in [0.717, 1.165) is 24.3 Å². The molecule has 2 aromatic carbocycles. The molecule has 1 fully saturated rings. The van der Waals surface area contributed by atoms with Crippen molar-refractivity contribution in [1.29, 1.82) is 0 Å². The molecule has 2 heteroatoms. The van der Waals surface area contributed by atoms with Gasteiger partial charge in [0.1, 0.15) is 11.5 Å². The van der Waals surface area contributed by atoms with Crippen molar-refractivity contribution >= 4 is 11.2 Å².